The van der Waals surface area contributed by atoms with Crippen LogP contribution in [0.25, 0.3) is 0 Å². The Morgan fingerprint density at radius 2 is 1.92 bits per heavy atom. The van der Waals surface area contributed by atoms with E-state index in [1.165, 1.54) is 18.1 Å². The molecule has 1 fully saturated rings. The van der Waals surface area contributed by atoms with Gasteiger partial charge in [0, 0.05) is 32.7 Å². The fourth-order valence-electron chi connectivity index (χ4n) is 2.72. The third-order valence-electron chi connectivity index (χ3n) is 4.23. The molecule has 2 rings (SSSR count). The average molecular weight is 365 g/mol. The Balaban J connectivity index is 2.11. The topological polar surface area (TPSA) is 102 Å². The fourth-order valence-corrected chi connectivity index (χ4v) is 2.72. The molecule has 1 aromatic carbocycles. The SMILES string of the molecule is CCC(=O)c1ccc(OCOC)cc1OC(=O)C1CCN(C(=O)O)CC1. The predicted molar refractivity (Wildman–Crippen MR) is 91.5 cm³/mol. The largest absolute Gasteiger partial charge is 0.467 e. The Bertz CT molecular complexity index is 666. The van der Waals surface area contributed by atoms with Gasteiger partial charge in [-0.3, -0.25) is 9.59 Å². The molecule has 1 aliphatic heterocycles. The van der Waals surface area contributed by atoms with Crippen LogP contribution >= 0.6 is 0 Å². The van der Waals surface area contributed by atoms with Crippen LogP contribution in [0.3, 0.4) is 0 Å². The number of carbonyl (C=O) groups excluding carboxylic acids is 2. The lowest BCUT2D eigenvalue weighted by Crippen LogP contribution is -2.40. The molecule has 0 aromatic heterocycles. The molecule has 1 aromatic rings. The van der Waals surface area contributed by atoms with Gasteiger partial charge in [0.05, 0.1) is 11.5 Å². The van der Waals surface area contributed by atoms with Gasteiger partial charge in [-0.1, -0.05) is 6.92 Å². The summed E-state index contributed by atoms with van der Waals surface area (Å²) < 4.78 is 15.7. The number of ether oxygens (including phenoxy) is 3. The maximum atomic E-state index is 12.5. The predicted octanol–water partition coefficient (Wildman–Crippen LogP) is 2.56. The average Bonchev–Trinajstić information content (AvgIpc) is 2.65. The standard InChI is InChI=1S/C18H23NO7/c1-3-15(20)14-5-4-13(25-11-24-2)10-16(14)26-17(21)12-6-8-19(9-7-12)18(22)23/h4-5,10,12H,3,6-9,11H2,1-2H3,(H,22,23). The van der Waals surface area contributed by atoms with E-state index in [0.717, 1.165) is 0 Å². The number of piperidine rings is 1. The zero-order chi connectivity index (χ0) is 19.1. The summed E-state index contributed by atoms with van der Waals surface area (Å²) in [5.74, 6) is -0.450. The van der Waals surface area contributed by atoms with Gasteiger partial charge in [0.2, 0.25) is 0 Å². The normalized spacial score (nSPS) is 14.8. The third-order valence-corrected chi connectivity index (χ3v) is 4.23. The number of likely N-dealkylation sites (tertiary alicyclic amines) is 1. The maximum absolute atomic E-state index is 12.5. The first kappa shape index (κ1) is 19.7. The summed E-state index contributed by atoms with van der Waals surface area (Å²) in [5, 5.41) is 8.97. The molecule has 1 amide bonds. The van der Waals surface area contributed by atoms with Crippen molar-refractivity contribution in [2.45, 2.75) is 26.2 Å². The molecular formula is C18H23NO7. The lowest BCUT2D eigenvalue weighted by Gasteiger charge is -2.28. The number of benzene rings is 1. The van der Waals surface area contributed by atoms with Crippen molar-refractivity contribution in [1.29, 1.82) is 0 Å². The summed E-state index contributed by atoms with van der Waals surface area (Å²) in [5.41, 5.74) is 0.314. The molecule has 8 nitrogen and oxygen atoms in total. The first-order valence-corrected chi connectivity index (χ1v) is 8.44. The van der Waals surface area contributed by atoms with Gasteiger partial charge in [-0.15, -0.1) is 0 Å². The molecule has 0 saturated carbocycles. The van der Waals surface area contributed by atoms with E-state index < -0.39 is 18.0 Å². The van der Waals surface area contributed by atoms with Crippen molar-refractivity contribution in [3.63, 3.8) is 0 Å². The summed E-state index contributed by atoms with van der Waals surface area (Å²) >= 11 is 0. The second kappa shape index (κ2) is 9.19. The second-order valence-corrected chi connectivity index (χ2v) is 5.95. The number of nitrogens with zero attached hydrogens (tertiary/aromatic N) is 1. The van der Waals surface area contributed by atoms with Gasteiger partial charge in [0.1, 0.15) is 11.5 Å². The Morgan fingerprint density at radius 1 is 1.23 bits per heavy atom. The molecule has 1 aliphatic rings. The van der Waals surface area contributed by atoms with E-state index in [1.807, 2.05) is 0 Å². The highest BCUT2D eigenvalue weighted by atomic mass is 16.7. The number of ketones is 1. The Labute approximate surface area is 151 Å². The van der Waals surface area contributed by atoms with Crippen LogP contribution in [0.5, 0.6) is 11.5 Å². The first-order valence-electron chi connectivity index (χ1n) is 8.44. The van der Waals surface area contributed by atoms with Gasteiger partial charge < -0.3 is 24.2 Å². The third kappa shape index (κ3) is 4.95. The lowest BCUT2D eigenvalue weighted by atomic mass is 9.97. The van der Waals surface area contributed by atoms with Gasteiger partial charge in [0.25, 0.3) is 0 Å². The van der Waals surface area contributed by atoms with Crippen LogP contribution in [-0.4, -0.2) is 54.8 Å². The van der Waals surface area contributed by atoms with Crippen LogP contribution in [0, 0.1) is 5.92 Å². The molecule has 142 valence electrons. The van der Waals surface area contributed by atoms with Crippen LogP contribution in [0.4, 0.5) is 4.79 Å². The Hall–Kier alpha value is -2.61. The first-order chi connectivity index (χ1) is 12.5. The molecule has 1 heterocycles. The number of esters is 1. The van der Waals surface area contributed by atoms with Crippen molar-refractivity contribution < 1.29 is 33.7 Å². The van der Waals surface area contributed by atoms with E-state index in [1.54, 1.807) is 19.1 Å². The van der Waals surface area contributed by atoms with E-state index in [9.17, 15) is 14.4 Å². The minimum atomic E-state index is -0.990. The van der Waals surface area contributed by atoms with Crippen LogP contribution in [0.1, 0.15) is 36.5 Å². The molecule has 1 saturated heterocycles. The van der Waals surface area contributed by atoms with Crippen molar-refractivity contribution in [1.82, 2.24) is 4.90 Å². The van der Waals surface area contributed by atoms with Gasteiger partial charge in [-0.2, -0.15) is 0 Å². The second-order valence-electron chi connectivity index (χ2n) is 5.95. The van der Waals surface area contributed by atoms with E-state index in [4.69, 9.17) is 19.3 Å². The number of methoxy groups -OCH3 is 1. The summed E-state index contributed by atoms with van der Waals surface area (Å²) in [4.78, 5) is 36.8. The van der Waals surface area contributed by atoms with Crippen molar-refractivity contribution in [2.75, 3.05) is 27.0 Å². The molecule has 0 atom stereocenters. The van der Waals surface area contributed by atoms with Crippen LogP contribution in [0.2, 0.25) is 0 Å². The molecule has 1 N–H and O–H groups in total. The zero-order valence-corrected chi connectivity index (χ0v) is 14.9. The highest BCUT2D eigenvalue weighted by molar-refractivity contribution is 5.99. The quantitative estimate of drug-likeness (QED) is 0.343. The summed E-state index contributed by atoms with van der Waals surface area (Å²) in [6.07, 6.45) is 0.0693. The van der Waals surface area contributed by atoms with Crippen LogP contribution in [0.15, 0.2) is 18.2 Å². The highest BCUT2D eigenvalue weighted by Crippen LogP contribution is 2.28. The molecule has 8 heteroatoms. The number of hydrogen-bond acceptors (Lipinski definition) is 6. The monoisotopic (exact) mass is 365 g/mol. The van der Waals surface area contributed by atoms with Gasteiger partial charge >= 0.3 is 12.1 Å². The summed E-state index contributed by atoms with van der Waals surface area (Å²) in [6.45, 7) is 2.33. The number of hydrogen-bond donors (Lipinski definition) is 1. The molecule has 0 bridgehead atoms. The van der Waals surface area contributed by atoms with Crippen molar-refractivity contribution >= 4 is 17.8 Å². The van der Waals surface area contributed by atoms with Crippen molar-refractivity contribution in [2.24, 2.45) is 5.92 Å². The summed E-state index contributed by atoms with van der Waals surface area (Å²) in [7, 11) is 1.49. The number of carboxylic acid groups (broad SMARTS) is 1. The van der Waals surface area contributed by atoms with Crippen molar-refractivity contribution in [3.05, 3.63) is 23.8 Å². The fraction of sp³-hybridized carbons (Fsp3) is 0.500. The van der Waals surface area contributed by atoms with E-state index in [2.05, 4.69) is 0 Å². The van der Waals surface area contributed by atoms with Crippen LogP contribution in [-0.2, 0) is 9.53 Å². The number of carbonyl (C=O) groups is 3. The minimum Gasteiger partial charge on any atom is -0.467 e. The Kier molecular flexibility index (Phi) is 6.97. The van der Waals surface area contributed by atoms with E-state index in [0.29, 0.717) is 24.2 Å². The summed E-state index contributed by atoms with van der Waals surface area (Å²) in [6, 6.07) is 4.67. The minimum absolute atomic E-state index is 0.0299. The van der Waals surface area contributed by atoms with E-state index >= 15 is 0 Å². The van der Waals surface area contributed by atoms with Gasteiger partial charge in [-0.25, -0.2) is 4.79 Å². The maximum Gasteiger partial charge on any atom is 0.407 e. The molecule has 0 unspecified atom stereocenters. The zero-order valence-electron chi connectivity index (χ0n) is 14.9. The molecule has 0 spiro atoms. The lowest BCUT2D eigenvalue weighted by molar-refractivity contribution is -0.140. The highest BCUT2D eigenvalue weighted by Gasteiger charge is 2.29. The van der Waals surface area contributed by atoms with Gasteiger partial charge in [-0.05, 0) is 25.0 Å². The van der Waals surface area contributed by atoms with Gasteiger partial charge in [0.15, 0.2) is 12.6 Å². The number of rotatable bonds is 7. The molecule has 0 radical (unpaired) electrons. The Morgan fingerprint density at radius 3 is 2.50 bits per heavy atom. The molecule has 26 heavy (non-hydrogen) atoms. The molecule has 0 aliphatic carbocycles. The number of Topliss-reactive ketones (excluding diaryl/α,β-unsaturated/α-hetero) is 1. The van der Waals surface area contributed by atoms with E-state index in [-0.39, 0.29) is 37.8 Å². The van der Waals surface area contributed by atoms with Crippen LogP contribution < -0.4 is 9.47 Å². The van der Waals surface area contributed by atoms with Crippen molar-refractivity contribution in [3.8, 4) is 11.5 Å². The molecular weight excluding hydrogens is 342 g/mol. The number of amides is 1. The smallest absolute Gasteiger partial charge is 0.407 e.